The summed E-state index contributed by atoms with van der Waals surface area (Å²) < 4.78 is 39.2. The first kappa shape index (κ1) is 23.4. The van der Waals surface area contributed by atoms with E-state index in [1.54, 1.807) is 11.0 Å². The Labute approximate surface area is 176 Å². The zero-order valence-corrected chi connectivity index (χ0v) is 16.7. The molecule has 1 aliphatic heterocycles. The summed E-state index contributed by atoms with van der Waals surface area (Å²) in [5.74, 6) is -0.175. The molecule has 2 rings (SSSR count). The lowest BCUT2D eigenvalue weighted by molar-refractivity contribution is -0.138. The maximum absolute atomic E-state index is 13.1. The van der Waals surface area contributed by atoms with Gasteiger partial charge in [-0.15, -0.1) is 0 Å². The molecule has 0 unspecified atom stereocenters. The van der Waals surface area contributed by atoms with E-state index in [2.05, 4.69) is 15.6 Å². The van der Waals surface area contributed by atoms with Crippen LogP contribution >= 0.6 is 0 Å². The Morgan fingerprint density at radius 2 is 1.97 bits per heavy atom. The van der Waals surface area contributed by atoms with Crippen molar-refractivity contribution in [1.82, 2.24) is 15.5 Å². The van der Waals surface area contributed by atoms with Gasteiger partial charge in [-0.05, 0) is 30.5 Å². The van der Waals surface area contributed by atoms with Gasteiger partial charge in [-0.1, -0.05) is 24.3 Å². The predicted molar refractivity (Wildman–Crippen MR) is 112 cm³/mol. The van der Waals surface area contributed by atoms with Crippen molar-refractivity contribution >= 4 is 17.8 Å². The number of nitrogens with zero attached hydrogens (tertiary/aromatic N) is 2. The average molecular weight is 429 g/mol. The number of aliphatic imine (C=N–C) groups is 1. The van der Waals surface area contributed by atoms with E-state index in [1.807, 2.05) is 0 Å². The van der Waals surface area contributed by atoms with Crippen molar-refractivity contribution in [2.75, 3.05) is 20.1 Å². The standard InChI is InChI=1S/C20H26F3N5O2.2H2/c1-25-18(29)8-4-7-17(24)27-19(30)28-11-9-15(10-12-28)26-13-14-5-2-3-6-16(14)20(21,22)23;;/h2-7,15,26H,8-13H2,1H3,(H,25,29)(H2,24,27,30);2*1H/b7-4-;;. The van der Waals surface area contributed by atoms with E-state index >= 15 is 0 Å². The van der Waals surface area contributed by atoms with Gasteiger partial charge < -0.3 is 21.3 Å². The summed E-state index contributed by atoms with van der Waals surface area (Å²) in [5, 5.41) is 5.61. The number of urea groups is 1. The number of amidine groups is 1. The van der Waals surface area contributed by atoms with Crippen LogP contribution in [0.3, 0.4) is 0 Å². The van der Waals surface area contributed by atoms with Gasteiger partial charge in [0.15, 0.2) is 0 Å². The molecular weight excluding hydrogens is 399 g/mol. The maximum Gasteiger partial charge on any atom is 0.416 e. The normalized spacial score (nSPS) is 16.1. The van der Waals surface area contributed by atoms with Gasteiger partial charge in [0.05, 0.1) is 5.56 Å². The molecule has 1 aromatic rings. The molecule has 4 N–H and O–H groups in total. The monoisotopic (exact) mass is 429 g/mol. The number of likely N-dealkylation sites (tertiary alicyclic amines) is 1. The van der Waals surface area contributed by atoms with Crippen molar-refractivity contribution in [2.24, 2.45) is 10.7 Å². The minimum absolute atomic E-state index is 0. The number of rotatable bonds is 6. The highest BCUT2D eigenvalue weighted by Gasteiger charge is 2.33. The quantitative estimate of drug-likeness (QED) is 0.478. The Balaban J connectivity index is 0.00000480. The highest BCUT2D eigenvalue weighted by molar-refractivity contribution is 5.99. The van der Waals surface area contributed by atoms with Crippen molar-refractivity contribution in [2.45, 2.75) is 38.0 Å². The van der Waals surface area contributed by atoms with Gasteiger partial charge in [-0.2, -0.15) is 18.2 Å². The van der Waals surface area contributed by atoms with Gasteiger partial charge in [-0.3, -0.25) is 4.79 Å². The van der Waals surface area contributed by atoms with Crippen LogP contribution in [0.5, 0.6) is 0 Å². The lowest BCUT2D eigenvalue weighted by Crippen LogP contribution is -2.44. The van der Waals surface area contributed by atoms with Gasteiger partial charge in [0.1, 0.15) is 5.84 Å². The van der Waals surface area contributed by atoms with Crippen LogP contribution in [0.2, 0.25) is 0 Å². The van der Waals surface area contributed by atoms with E-state index in [1.165, 1.54) is 31.3 Å². The highest BCUT2D eigenvalue weighted by atomic mass is 19.4. The number of hydrogen-bond acceptors (Lipinski definition) is 3. The number of alkyl halides is 3. The van der Waals surface area contributed by atoms with Crippen LogP contribution in [0, 0.1) is 0 Å². The predicted octanol–water partition coefficient (Wildman–Crippen LogP) is 2.92. The van der Waals surface area contributed by atoms with Gasteiger partial charge in [0, 0.05) is 42.0 Å². The fourth-order valence-corrected chi connectivity index (χ4v) is 3.09. The molecule has 0 aromatic heterocycles. The highest BCUT2D eigenvalue weighted by Crippen LogP contribution is 2.31. The summed E-state index contributed by atoms with van der Waals surface area (Å²) in [7, 11) is 1.52. The molecule has 1 saturated heterocycles. The lowest BCUT2D eigenvalue weighted by Gasteiger charge is -2.31. The second kappa shape index (κ2) is 10.8. The van der Waals surface area contributed by atoms with E-state index in [0.717, 1.165) is 6.07 Å². The van der Waals surface area contributed by atoms with Gasteiger partial charge >= 0.3 is 12.2 Å². The summed E-state index contributed by atoms with van der Waals surface area (Å²) in [6.45, 7) is 0.960. The molecule has 1 fully saturated rings. The summed E-state index contributed by atoms with van der Waals surface area (Å²) >= 11 is 0. The first-order valence-corrected chi connectivity index (χ1v) is 9.59. The topological polar surface area (TPSA) is 99.8 Å². The third-order valence-corrected chi connectivity index (χ3v) is 4.76. The second-order valence-electron chi connectivity index (χ2n) is 6.90. The zero-order valence-electron chi connectivity index (χ0n) is 16.7. The van der Waals surface area contributed by atoms with Gasteiger partial charge in [0.2, 0.25) is 5.91 Å². The molecule has 0 aliphatic carbocycles. The third-order valence-electron chi connectivity index (χ3n) is 4.76. The first-order chi connectivity index (χ1) is 14.2. The number of piperidine rings is 1. The number of hydrogen-bond donors (Lipinski definition) is 3. The molecule has 0 bridgehead atoms. The van der Waals surface area contributed by atoms with Crippen LogP contribution < -0.4 is 16.4 Å². The fourth-order valence-electron chi connectivity index (χ4n) is 3.09. The molecular formula is C20H30F3N5O2. The average Bonchev–Trinajstić information content (AvgIpc) is 2.72. The third kappa shape index (κ3) is 7.18. The van der Waals surface area contributed by atoms with Crippen molar-refractivity contribution in [3.05, 3.63) is 47.5 Å². The minimum Gasteiger partial charge on any atom is -0.384 e. The molecule has 30 heavy (non-hydrogen) atoms. The SMILES string of the molecule is CNC(=O)C/C=C\C(N)=N/C(=O)N1CCC(NCc2ccccc2C(F)(F)F)CC1.[HH].[HH]. The van der Waals surface area contributed by atoms with Crippen molar-refractivity contribution in [3.8, 4) is 0 Å². The van der Waals surface area contributed by atoms with Gasteiger partial charge in [0.25, 0.3) is 0 Å². The van der Waals surface area contributed by atoms with Crippen LogP contribution in [-0.4, -0.2) is 48.9 Å². The number of amides is 3. The minimum atomic E-state index is -4.39. The maximum atomic E-state index is 13.1. The number of benzene rings is 1. The van der Waals surface area contributed by atoms with Crippen LogP contribution in [0.4, 0.5) is 18.0 Å². The fraction of sp³-hybridized carbons (Fsp3) is 0.450. The smallest absolute Gasteiger partial charge is 0.384 e. The summed E-state index contributed by atoms with van der Waals surface area (Å²) in [6.07, 6.45) is -0.140. The van der Waals surface area contributed by atoms with Crippen LogP contribution in [0.25, 0.3) is 0 Å². The van der Waals surface area contributed by atoms with E-state index in [0.29, 0.717) is 25.9 Å². The number of halogens is 3. The van der Waals surface area contributed by atoms with Crippen LogP contribution in [-0.2, 0) is 17.5 Å². The molecule has 1 aromatic carbocycles. The Morgan fingerprint density at radius 3 is 2.60 bits per heavy atom. The number of carbonyl (C=O) groups is 2. The van der Waals surface area contributed by atoms with E-state index in [-0.39, 0.29) is 39.2 Å². The molecule has 1 aliphatic rings. The van der Waals surface area contributed by atoms with E-state index in [4.69, 9.17) is 5.73 Å². The largest absolute Gasteiger partial charge is 0.416 e. The Morgan fingerprint density at radius 1 is 1.30 bits per heavy atom. The summed E-state index contributed by atoms with van der Waals surface area (Å²) in [6, 6.07) is 5.02. The molecule has 0 radical (unpaired) electrons. The van der Waals surface area contributed by atoms with Crippen molar-refractivity contribution < 1.29 is 25.6 Å². The second-order valence-corrected chi connectivity index (χ2v) is 6.90. The Hall–Kier alpha value is -2.88. The van der Waals surface area contributed by atoms with Gasteiger partial charge in [-0.25, -0.2) is 4.79 Å². The summed E-state index contributed by atoms with van der Waals surface area (Å²) in [5.41, 5.74) is 5.24. The first-order valence-electron chi connectivity index (χ1n) is 9.59. The van der Waals surface area contributed by atoms with Crippen molar-refractivity contribution in [1.29, 1.82) is 0 Å². The molecule has 1 heterocycles. The number of carbonyl (C=O) groups excluding carboxylic acids is 2. The molecule has 3 amide bonds. The van der Waals surface area contributed by atoms with E-state index < -0.39 is 17.8 Å². The molecule has 0 atom stereocenters. The molecule has 0 saturated carbocycles. The molecule has 7 nitrogen and oxygen atoms in total. The molecule has 10 heteroatoms. The number of nitrogens with one attached hydrogen (secondary N) is 2. The Bertz CT molecular complexity index is 811. The summed E-state index contributed by atoms with van der Waals surface area (Å²) in [4.78, 5) is 28.7. The molecule has 168 valence electrons. The van der Waals surface area contributed by atoms with Crippen molar-refractivity contribution in [3.63, 3.8) is 0 Å². The zero-order chi connectivity index (χ0) is 22.1. The lowest BCUT2D eigenvalue weighted by atomic mass is 10.0. The Kier molecular flexibility index (Phi) is 8.40. The molecule has 0 spiro atoms. The van der Waals surface area contributed by atoms with Crippen LogP contribution in [0.1, 0.15) is 33.2 Å². The van der Waals surface area contributed by atoms with Crippen LogP contribution in [0.15, 0.2) is 41.4 Å². The van der Waals surface area contributed by atoms with E-state index in [9.17, 15) is 22.8 Å². The number of nitrogens with two attached hydrogens (primary N) is 1.